The molecule has 0 fully saturated rings. The van der Waals surface area contributed by atoms with E-state index in [-0.39, 0.29) is 5.82 Å². The summed E-state index contributed by atoms with van der Waals surface area (Å²) in [6, 6.07) is 6.68. The summed E-state index contributed by atoms with van der Waals surface area (Å²) in [6.07, 6.45) is 4.00. The topological polar surface area (TPSA) is 32.3 Å². The molecule has 100 valence electrons. The van der Waals surface area contributed by atoms with Gasteiger partial charge in [0.05, 0.1) is 6.10 Å². The number of hydrogen-bond acceptors (Lipinski definition) is 2. The smallest absolute Gasteiger partial charge is 0.129 e. The van der Waals surface area contributed by atoms with Crippen LogP contribution in [-0.4, -0.2) is 17.7 Å². The number of nitrogens with one attached hydrogen (secondary N) is 1. The molecule has 0 radical (unpaired) electrons. The standard InChI is InChI=1S/C15H22FNO/c1-3-5-8-12(4-2)17-11-15(18)13-9-6-7-10-14(13)16/h3,6-7,9-10,12,15,17-18H,1,4-5,8,11H2,2H3. The highest BCUT2D eigenvalue weighted by Crippen LogP contribution is 2.16. The fourth-order valence-electron chi connectivity index (χ4n) is 1.90. The first-order valence-electron chi connectivity index (χ1n) is 6.45. The average Bonchev–Trinajstić information content (AvgIpc) is 2.39. The third kappa shape index (κ3) is 4.59. The van der Waals surface area contributed by atoms with Gasteiger partial charge in [0.2, 0.25) is 0 Å². The van der Waals surface area contributed by atoms with Gasteiger partial charge in [-0.25, -0.2) is 4.39 Å². The molecule has 1 aromatic rings. The van der Waals surface area contributed by atoms with Gasteiger partial charge in [-0.15, -0.1) is 6.58 Å². The Morgan fingerprint density at radius 2 is 2.17 bits per heavy atom. The predicted octanol–water partition coefficient (Wildman–Crippen LogP) is 3.19. The molecule has 2 unspecified atom stereocenters. The Bertz CT molecular complexity index is 367. The van der Waals surface area contributed by atoms with Crippen LogP contribution in [0.5, 0.6) is 0 Å². The fraction of sp³-hybridized carbons (Fsp3) is 0.467. The lowest BCUT2D eigenvalue weighted by atomic mass is 10.1. The van der Waals surface area contributed by atoms with E-state index < -0.39 is 6.10 Å². The number of aliphatic hydroxyl groups excluding tert-OH is 1. The maximum Gasteiger partial charge on any atom is 0.129 e. The molecular formula is C15H22FNO. The zero-order valence-electron chi connectivity index (χ0n) is 10.9. The molecule has 0 aliphatic heterocycles. The Hall–Kier alpha value is -1.19. The Morgan fingerprint density at radius 1 is 1.44 bits per heavy atom. The molecule has 1 aromatic carbocycles. The van der Waals surface area contributed by atoms with E-state index >= 15 is 0 Å². The highest BCUT2D eigenvalue weighted by atomic mass is 19.1. The Kier molecular flexibility index (Phi) is 6.61. The van der Waals surface area contributed by atoms with Gasteiger partial charge in [0.15, 0.2) is 0 Å². The van der Waals surface area contributed by atoms with Crippen molar-refractivity contribution in [2.75, 3.05) is 6.54 Å². The van der Waals surface area contributed by atoms with Crippen LogP contribution in [0, 0.1) is 5.82 Å². The molecule has 1 rings (SSSR count). The lowest BCUT2D eigenvalue weighted by molar-refractivity contribution is 0.164. The predicted molar refractivity (Wildman–Crippen MR) is 72.9 cm³/mol. The quantitative estimate of drug-likeness (QED) is 0.695. The zero-order valence-corrected chi connectivity index (χ0v) is 10.9. The maximum atomic E-state index is 13.4. The van der Waals surface area contributed by atoms with Crippen molar-refractivity contribution in [3.05, 3.63) is 48.3 Å². The van der Waals surface area contributed by atoms with Crippen molar-refractivity contribution in [2.24, 2.45) is 0 Å². The number of allylic oxidation sites excluding steroid dienone is 1. The summed E-state index contributed by atoms with van der Waals surface area (Å²) >= 11 is 0. The van der Waals surface area contributed by atoms with Crippen LogP contribution in [0.2, 0.25) is 0 Å². The van der Waals surface area contributed by atoms with Crippen LogP contribution in [0.15, 0.2) is 36.9 Å². The van der Waals surface area contributed by atoms with Crippen molar-refractivity contribution in [1.82, 2.24) is 5.32 Å². The van der Waals surface area contributed by atoms with Crippen LogP contribution in [0.1, 0.15) is 37.9 Å². The monoisotopic (exact) mass is 251 g/mol. The van der Waals surface area contributed by atoms with Gasteiger partial charge in [0, 0.05) is 18.2 Å². The number of benzene rings is 1. The van der Waals surface area contributed by atoms with Crippen molar-refractivity contribution < 1.29 is 9.50 Å². The second-order valence-corrected chi connectivity index (χ2v) is 4.42. The first-order chi connectivity index (χ1) is 8.69. The van der Waals surface area contributed by atoms with Crippen molar-refractivity contribution >= 4 is 0 Å². The van der Waals surface area contributed by atoms with Gasteiger partial charge in [0.25, 0.3) is 0 Å². The number of rotatable bonds is 8. The highest BCUT2D eigenvalue weighted by Gasteiger charge is 2.13. The molecule has 0 aliphatic carbocycles. The van der Waals surface area contributed by atoms with Gasteiger partial charge in [-0.1, -0.05) is 31.2 Å². The molecule has 0 aliphatic rings. The largest absolute Gasteiger partial charge is 0.387 e. The second kappa shape index (κ2) is 8.01. The van der Waals surface area contributed by atoms with E-state index in [2.05, 4.69) is 18.8 Å². The molecule has 2 atom stereocenters. The molecule has 18 heavy (non-hydrogen) atoms. The van der Waals surface area contributed by atoms with Crippen LogP contribution in [-0.2, 0) is 0 Å². The third-order valence-corrected chi connectivity index (χ3v) is 3.08. The molecular weight excluding hydrogens is 229 g/mol. The first kappa shape index (κ1) is 14.9. The summed E-state index contributed by atoms with van der Waals surface area (Å²) in [4.78, 5) is 0. The molecule has 0 heterocycles. The summed E-state index contributed by atoms with van der Waals surface area (Å²) in [5.74, 6) is -0.356. The number of hydrogen-bond donors (Lipinski definition) is 2. The SMILES string of the molecule is C=CCCC(CC)NCC(O)c1ccccc1F. The lowest BCUT2D eigenvalue weighted by Crippen LogP contribution is -2.32. The van der Waals surface area contributed by atoms with Gasteiger partial charge >= 0.3 is 0 Å². The van der Waals surface area contributed by atoms with E-state index in [4.69, 9.17) is 0 Å². The Morgan fingerprint density at radius 3 is 2.78 bits per heavy atom. The van der Waals surface area contributed by atoms with Crippen molar-refractivity contribution in [3.8, 4) is 0 Å². The second-order valence-electron chi connectivity index (χ2n) is 4.42. The van der Waals surface area contributed by atoms with E-state index in [1.165, 1.54) is 6.07 Å². The molecule has 0 spiro atoms. The van der Waals surface area contributed by atoms with Gasteiger partial charge in [-0.3, -0.25) is 0 Å². The molecule has 0 aromatic heterocycles. The molecule has 2 nitrogen and oxygen atoms in total. The minimum Gasteiger partial charge on any atom is -0.387 e. The van der Waals surface area contributed by atoms with E-state index in [0.717, 1.165) is 19.3 Å². The molecule has 0 amide bonds. The minimum atomic E-state index is -0.802. The summed E-state index contributed by atoms with van der Waals surface area (Å²) in [6.45, 7) is 6.16. The molecule has 3 heteroatoms. The number of aliphatic hydroxyl groups is 1. The van der Waals surface area contributed by atoms with Crippen LogP contribution < -0.4 is 5.32 Å². The van der Waals surface area contributed by atoms with Gasteiger partial charge < -0.3 is 10.4 Å². The van der Waals surface area contributed by atoms with Crippen LogP contribution in [0.3, 0.4) is 0 Å². The highest BCUT2D eigenvalue weighted by molar-refractivity contribution is 5.19. The molecule has 0 saturated carbocycles. The summed E-state index contributed by atoms with van der Waals surface area (Å²) in [5.41, 5.74) is 0.351. The van der Waals surface area contributed by atoms with Crippen LogP contribution >= 0.6 is 0 Å². The maximum absolute atomic E-state index is 13.4. The van der Waals surface area contributed by atoms with Gasteiger partial charge in [-0.2, -0.15) is 0 Å². The van der Waals surface area contributed by atoms with E-state index in [0.29, 0.717) is 18.2 Å². The van der Waals surface area contributed by atoms with Crippen LogP contribution in [0.25, 0.3) is 0 Å². The Labute approximate surface area is 109 Å². The summed E-state index contributed by atoms with van der Waals surface area (Å²) in [5, 5.41) is 13.2. The summed E-state index contributed by atoms with van der Waals surface area (Å²) in [7, 11) is 0. The molecule has 0 bridgehead atoms. The van der Waals surface area contributed by atoms with Gasteiger partial charge in [-0.05, 0) is 25.3 Å². The van der Waals surface area contributed by atoms with E-state index in [1.54, 1.807) is 18.2 Å². The molecule has 2 N–H and O–H groups in total. The first-order valence-corrected chi connectivity index (χ1v) is 6.45. The molecule has 0 saturated heterocycles. The lowest BCUT2D eigenvalue weighted by Gasteiger charge is -2.19. The Balaban J connectivity index is 2.47. The van der Waals surface area contributed by atoms with Crippen molar-refractivity contribution in [1.29, 1.82) is 0 Å². The zero-order chi connectivity index (χ0) is 13.4. The fourth-order valence-corrected chi connectivity index (χ4v) is 1.90. The van der Waals surface area contributed by atoms with E-state index in [1.807, 2.05) is 6.08 Å². The average molecular weight is 251 g/mol. The van der Waals surface area contributed by atoms with Crippen LogP contribution in [0.4, 0.5) is 4.39 Å². The number of halogens is 1. The summed E-state index contributed by atoms with van der Waals surface area (Å²) < 4.78 is 13.4. The van der Waals surface area contributed by atoms with Crippen molar-refractivity contribution in [2.45, 2.75) is 38.3 Å². The third-order valence-electron chi connectivity index (χ3n) is 3.08. The normalized spacial score (nSPS) is 14.2. The minimum absolute atomic E-state index is 0.337. The van der Waals surface area contributed by atoms with Gasteiger partial charge in [0.1, 0.15) is 5.82 Å². The van der Waals surface area contributed by atoms with E-state index in [9.17, 15) is 9.50 Å². The van der Waals surface area contributed by atoms with Crippen molar-refractivity contribution in [3.63, 3.8) is 0 Å².